The van der Waals surface area contributed by atoms with E-state index in [0.29, 0.717) is 18.0 Å². The largest absolute Gasteiger partial charge is 0.316 e. The van der Waals surface area contributed by atoms with Gasteiger partial charge in [0.05, 0.1) is 10.6 Å². The van der Waals surface area contributed by atoms with Gasteiger partial charge >= 0.3 is 0 Å². The summed E-state index contributed by atoms with van der Waals surface area (Å²) < 4.78 is 28.4. The van der Waals surface area contributed by atoms with Gasteiger partial charge in [0.25, 0.3) is 0 Å². The molecule has 118 valence electrons. The molecule has 0 bridgehead atoms. The normalized spacial score (nSPS) is 20.1. The maximum Gasteiger partial charge on any atom is 0.243 e. The van der Waals surface area contributed by atoms with E-state index in [2.05, 4.69) is 20.8 Å². The lowest BCUT2D eigenvalue weighted by molar-refractivity contribution is 0.293. The zero-order valence-corrected chi connectivity index (χ0v) is 13.1. The molecule has 1 aliphatic rings. The number of nitrogens with one attached hydrogen (secondary N) is 1. The SMILES string of the molecule is CNC1CCCN(S(=O)(=O)c2ccc(-n3cnnn3)cc2)C1. The second kappa shape index (κ2) is 6.11. The highest BCUT2D eigenvalue weighted by Gasteiger charge is 2.29. The van der Waals surface area contributed by atoms with Gasteiger partial charge in [0, 0.05) is 19.1 Å². The summed E-state index contributed by atoms with van der Waals surface area (Å²) in [4.78, 5) is 0.293. The maximum atomic E-state index is 12.7. The van der Waals surface area contributed by atoms with E-state index < -0.39 is 10.0 Å². The molecule has 8 nitrogen and oxygen atoms in total. The van der Waals surface area contributed by atoms with Crippen LogP contribution in [0, 0.1) is 0 Å². The van der Waals surface area contributed by atoms with Gasteiger partial charge in [0.1, 0.15) is 6.33 Å². The molecule has 1 fully saturated rings. The number of benzene rings is 1. The Kier molecular flexibility index (Phi) is 4.19. The lowest BCUT2D eigenvalue weighted by atomic mass is 10.1. The van der Waals surface area contributed by atoms with Crippen LogP contribution in [0.15, 0.2) is 35.5 Å². The molecule has 1 aromatic heterocycles. The molecule has 1 N–H and O–H groups in total. The molecule has 1 aliphatic heterocycles. The number of sulfonamides is 1. The molecule has 1 unspecified atom stereocenters. The number of rotatable bonds is 4. The number of hydrogen-bond donors (Lipinski definition) is 1. The van der Waals surface area contributed by atoms with Gasteiger partial charge in [-0.25, -0.2) is 13.1 Å². The van der Waals surface area contributed by atoms with Gasteiger partial charge in [-0.1, -0.05) is 0 Å². The van der Waals surface area contributed by atoms with E-state index in [0.717, 1.165) is 18.5 Å². The third kappa shape index (κ3) is 2.87. The van der Waals surface area contributed by atoms with Gasteiger partial charge in [0.15, 0.2) is 0 Å². The first-order chi connectivity index (χ1) is 10.6. The minimum atomic E-state index is -3.46. The molecule has 1 atom stereocenters. The highest BCUT2D eigenvalue weighted by Crippen LogP contribution is 2.21. The predicted octanol–water partition coefficient (Wildman–Crippen LogP) is 0.0348. The first-order valence-corrected chi connectivity index (χ1v) is 8.56. The molecule has 22 heavy (non-hydrogen) atoms. The number of piperidine rings is 1. The first-order valence-electron chi connectivity index (χ1n) is 7.12. The number of likely N-dealkylation sites (N-methyl/N-ethyl adjacent to an activating group) is 1. The second-order valence-corrected chi connectivity index (χ2v) is 7.18. The minimum Gasteiger partial charge on any atom is -0.316 e. The molecule has 0 saturated carbocycles. The lowest BCUT2D eigenvalue weighted by Crippen LogP contribution is -2.46. The van der Waals surface area contributed by atoms with E-state index in [9.17, 15) is 8.42 Å². The van der Waals surface area contributed by atoms with E-state index in [4.69, 9.17) is 0 Å². The molecule has 2 aromatic rings. The number of hydrogen-bond acceptors (Lipinski definition) is 6. The van der Waals surface area contributed by atoms with E-state index in [1.54, 1.807) is 28.6 Å². The Bertz CT molecular complexity index is 713. The van der Waals surface area contributed by atoms with Crippen molar-refractivity contribution >= 4 is 10.0 Å². The first kappa shape index (κ1) is 15.1. The van der Waals surface area contributed by atoms with Crippen LogP contribution in [0.1, 0.15) is 12.8 Å². The summed E-state index contributed by atoms with van der Waals surface area (Å²) >= 11 is 0. The van der Waals surface area contributed by atoms with Crippen LogP contribution in [0.4, 0.5) is 0 Å². The summed E-state index contributed by atoms with van der Waals surface area (Å²) in [7, 11) is -1.60. The van der Waals surface area contributed by atoms with Gasteiger partial charge in [-0.2, -0.15) is 4.31 Å². The Morgan fingerprint density at radius 1 is 1.27 bits per heavy atom. The van der Waals surface area contributed by atoms with Crippen molar-refractivity contribution < 1.29 is 8.42 Å². The van der Waals surface area contributed by atoms with E-state index >= 15 is 0 Å². The summed E-state index contributed by atoms with van der Waals surface area (Å²) in [6.45, 7) is 1.07. The van der Waals surface area contributed by atoms with Crippen LogP contribution >= 0.6 is 0 Å². The van der Waals surface area contributed by atoms with Crippen molar-refractivity contribution in [2.24, 2.45) is 0 Å². The molecular formula is C13H18N6O2S. The van der Waals surface area contributed by atoms with E-state index in [-0.39, 0.29) is 6.04 Å². The van der Waals surface area contributed by atoms with Gasteiger partial charge in [0.2, 0.25) is 10.0 Å². The highest BCUT2D eigenvalue weighted by molar-refractivity contribution is 7.89. The zero-order valence-electron chi connectivity index (χ0n) is 12.3. The average molecular weight is 322 g/mol. The third-order valence-corrected chi connectivity index (χ3v) is 5.76. The lowest BCUT2D eigenvalue weighted by Gasteiger charge is -2.31. The molecule has 9 heteroatoms. The van der Waals surface area contributed by atoms with Crippen LogP contribution in [0.25, 0.3) is 5.69 Å². The maximum absolute atomic E-state index is 12.7. The molecule has 1 aromatic carbocycles. The van der Waals surface area contributed by atoms with Crippen LogP contribution < -0.4 is 5.32 Å². The zero-order chi connectivity index (χ0) is 15.6. The summed E-state index contributed by atoms with van der Waals surface area (Å²) in [6.07, 6.45) is 3.33. The Hall–Kier alpha value is -1.84. The summed E-state index contributed by atoms with van der Waals surface area (Å²) in [5, 5.41) is 14.0. The standard InChI is InChI=1S/C13H18N6O2S/c1-14-11-3-2-8-18(9-11)22(20,21)13-6-4-12(5-7-13)19-10-15-16-17-19/h4-7,10-11,14H,2-3,8-9H2,1H3. The third-order valence-electron chi connectivity index (χ3n) is 3.88. The molecule has 0 spiro atoms. The van der Waals surface area contributed by atoms with Crippen molar-refractivity contribution in [3.63, 3.8) is 0 Å². The smallest absolute Gasteiger partial charge is 0.243 e. The van der Waals surface area contributed by atoms with Crippen LogP contribution in [0.2, 0.25) is 0 Å². The van der Waals surface area contributed by atoms with Crippen LogP contribution in [0.5, 0.6) is 0 Å². The fraction of sp³-hybridized carbons (Fsp3) is 0.462. The van der Waals surface area contributed by atoms with Crippen LogP contribution in [-0.2, 0) is 10.0 Å². The Balaban J connectivity index is 1.83. The van der Waals surface area contributed by atoms with Crippen LogP contribution in [-0.4, -0.2) is 59.1 Å². The molecular weight excluding hydrogens is 304 g/mol. The average Bonchev–Trinajstić information content (AvgIpc) is 3.09. The number of nitrogens with zero attached hydrogens (tertiary/aromatic N) is 5. The van der Waals surface area contributed by atoms with E-state index in [1.807, 2.05) is 7.05 Å². The Labute approximate surface area is 129 Å². The monoisotopic (exact) mass is 322 g/mol. The van der Waals surface area contributed by atoms with Crippen molar-refractivity contribution in [2.75, 3.05) is 20.1 Å². The number of aromatic nitrogens is 4. The summed E-state index contributed by atoms with van der Waals surface area (Å²) in [6, 6.07) is 6.79. The Morgan fingerprint density at radius 3 is 2.68 bits per heavy atom. The number of tetrazole rings is 1. The minimum absolute atomic E-state index is 0.212. The van der Waals surface area contributed by atoms with Crippen molar-refractivity contribution in [1.82, 2.24) is 29.8 Å². The van der Waals surface area contributed by atoms with Gasteiger partial charge in [-0.15, -0.1) is 5.10 Å². The summed E-state index contributed by atoms with van der Waals surface area (Å²) in [5.74, 6) is 0. The Morgan fingerprint density at radius 2 is 2.05 bits per heavy atom. The quantitative estimate of drug-likeness (QED) is 0.854. The topological polar surface area (TPSA) is 93.0 Å². The molecule has 0 aliphatic carbocycles. The van der Waals surface area contributed by atoms with E-state index in [1.165, 1.54) is 11.0 Å². The molecule has 0 amide bonds. The molecule has 1 saturated heterocycles. The van der Waals surface area contributed by atoms with Crippen molar-refractivity contribution in [2.45, 2.75) is 23.8 Å². The molecule has 2 heterocycles. The van der Waals surface area contributed by atoms with Gasteiger partial charge in [-0.05, 0) is 54.6 Å². The van der Waals surface area contributed by atoms with Crippen molar-refractivity contribution in [3.05, 3.63) is 30.6 Å². The highest BCUT2D eigenvalue weighted by atomic mass is 32.2. The fourth-order valence-electron chi connectivity index (χ4n) is 2.60. The summed E-state index contributed by atoms with van der Waals surface area (Å²) in [5.41, 5.74) is 0.718. The van der Waals surface area contributed by atoms with Gasteiger partial charge in [-0.3, -0.25) is 0 Å². The van der Waals surface area contributed by atoms with Crippen molar-refractivity contribution in [3.8, 4) is 5.69 Å². The predicted molar refractivity (Wildman–Crippen MR) is 80.0 cm³/mol. The molecule has 0 radical (unpaired) electrons. The second-order valence-electron chi connectivity index (χ2n) is 5.24. The fourth-order valence-corrected chi connectivity index (χ4v) is 4.12. The van der Waals surface area contributed by atoms with Crippen LogP contribution in [0.3, 0.4) is 0 Å². The molecule has 3 rings (SSSR count). The van der Waals surface area contributed by atoms with Gasteiger partial charge < -0.3 is 5.32 Å². The van der Waals surface area contributed by atoms with Crippen molar-refractivity contribution in [1.29, 1.82) is 0 Å².